The summed E-state index contributed by atoms with van der Waals surface area (Å²) in [5, 5.41) is 0. The highest BCUT2D eigenvalue weighted by atomic mass is 16.6. The van der Waals surface area contributed by atoms with Gasteiger partial charge < -0.3 is 20.1 Å². The number of carbonyl (C=O) groups is 2. The minimum absolute atomic E-state index is 0.0894. The molecule has 10 bridgehead atoms. The Labute approximate surface area is 322 Å². The molecule has 2 N–H and O–H groups in total. The van der Waals surface area contributed by atoms with E-state index >= 15 is 4.79 Å². The number of fused-ring (bicyclic) bond motifs is 2. The van der Waals surface area contributed by atoms with Crippen molar-refractivity contribution in [3.05, 3.63) is 70.1 Å². The van der Waals surface area contributed by atoms with Crippen molar-refractivity contribution in [3.8, 4) is 0 Å². The van der Waals surface area contributed by atoms with Crippen molar-refractivity contribution >= 4 is 11.9 Å². The van der Waals surface area contributed by atoms with E-state index in [2.05, 4.69) is 60.1 Å². The Balaban J connectivity index is 1.16. The number of esters is 2. The van der Waals surface area contributed by atoms with Crippen LogP contribution >= 0.6 is 0 Å². The van der Waals surface area contributed by atoms with Crippen LogP contribution in [-0.2, 0) is 26.3 Å². The first-order chi connectivity index (χ1) is 26.3. The number of nitrogens with zero attached hydrogens (tertiary/aromatic N) is 2. The highest BCUT2D eigenvalue weighted by Gasteiger charge is 2.91. The maximum atomic E-state index is 15.3. The lowest BCUT2D eigenvalue weighted by Gasteiger charge is -2.69. The van der Waals surface area contributed by atoms with E-state index in [9.17, 15) is 4.79 Å². The van der Waals surface area contributed by atoms with Gasteiger partial charge in [0.1, 0.15) is 11.2 Å². The lowest BCUT2D eigenvalue weighted by atomic mass is 9.31. The van der Waals surface area contributed by atoms with E-state index in [0.29, 0.717) is 54.1 Å². The topological polar surface area (TPSA) is 85.1 Å². The number of benzene rings is 1. The zero-order valence-corrected chi connectivity index (χ0v) is 32.7. The molecule has 14 aliphatic rings. The SMILES string of the molecule is CCC[C@@H]1[C@@]2(OC(=O)c3c(CCCN)cccc32)[C@@]23CCC4=C[C@@]12C(=O)O/C3=C\[C@@H]1CC[C@@H]2[C@H]3C[C@H](CN(C3)C3=CC[C@H](C)C[C@H]43)CN2[C@H]1C1CCCC1. The molecular formula is C47H61N3O4. The summed E-state index contributed by atoms with van der Waals surface area (Å²) in [5.41, 5.74) is 9.24. The molecule has 10 heterocycles. The number of hydrogen-bond donors (Lipinski definition) is 1. The molecule has 4 aliphatic carbocycles. The Hall–Kier alpha value is -2.90. The lowest BCUT2D eigenvalue weighted by molar-refractivity contribution is -0.271. The van der Waals surface area contributed by atoms with Crippen LogP contribution in [-0.4, -0.2) is 60.0 Å². The van der Waals surface area contributed by atoms with Gasteiger partial charge >= 0.3 is 11.9 Å². The van der Waals surface area contributed by atoms with Crippen LogP contribution < -0.4 is 5.73 Å². The highest BCUT2D eigenvalue weighted by Crippen LogP contribution is 2.84. The molecule has 0 aromatic heterocycles. The highest BCUT2D eigenvalue weighted by molar-refractivity contribution is 5.99. The molecule has 1 aromatic carbocycles. The summed E-state index contributed by atoms with van der Waals surface area (Å²) in [6, 6.07) is 7.50. The van der Waals surface area contributed by atoms with Crippen LogP contribution in [0.5, 0.6) is 0 Å². The second kappa shape index (κ2) is 12.3. The quantitative estimate of drug-likeness (QED) is 0.234. The fourth-order valence-corrected chi connectivity index (χ4v) is 15.4. The van der Waals surface area contributed by atoms with Crippen LogP contribution in [0.15, 0.2) is 53.5 Å². The fraction of sp³-hybridized carbons (Fsp3) is 0.702. The second-order valence-corrected chi connectivity index (χ2v) is 19.7. The maximum Gasteiger partial charge on any atom is 0.339 e. The molecule has 6 fully saturated rings. The predicted molar refractivity (Wildman–Crippen MR) is 208 cm³/mol. The Bertz CT molecular complexity index is 1860. The van der Waals surface area contributed by atoms with Crippen molar-refractivity contribution in [2.45, 2.75) is 128 Å². The number of allylic oxidation sites excluding steroid dienone is 2. The molecule has 12 atom stereocenters. The van der Waals surface area contributed by atoms with Crippen molar-refractivity contribution in [1.29, 1.82) is 0 Å². The summed E-state index contributed by atoms with van der Waals surface area (Å²) >= 11 is 0. The van der Waals surface area contributed by atoms with E-state index in [-0.39, 0.29) is 17.9 Å². The minimum Gasteiger partial charge on any atom is -0.449 e. The minimum atomic E-state index is -0.929. The van der Waals surface area contributed by atoms with Crippen molar-refractivity contribution in [2.75, 3.05) is 26.2 Å². The lowest BCUT2D eigenvalue weighted by Crippen LogP contribution is -2.75. The van der Waals surface area contributed by atoms with Gasteiger partial charge in [-0.15, -0.1) is 0 Å². The number of piperidine rings is 3. The zero-order valence-electron chi connectivity index (χ0n) is 32.7. The molecule has 15 rings (SSSR count). The maximum absolute atomic E-state index is 15.3. The monoisotopic (exact) mass is 731 g/mol. The smallest absolute Gasteiger partial charge is 0.339 e. The van der Waals surface area contributed by atoms with Crippen molar-refractivity contribution in [2.24, 2.45) is 58.0 Å². The van der Waals surface area contributed by atoms with Gasteiger partial charge in [0, 0.05) is 54.8 Å². The first-order valence-corrected chi connectivity index (χ1v) is 22.3. The molecule has 0 amide bonds. The molecule has 54 heavy (non-hydrogen) atoms. The van der Waals surface area contributed by atoms with Gasteiger partial charge in [-0.25, -0.2) is 4.79 Å². The van der Waals surface area contributed by atoms with Crippen molar-refractivity contribution in [1.82, 2.24) is 9.80 Å². The van der Waals surface area contributed by atoms with E-state index in [4.69, 9.17) is 15.2 Å². The fourth-order valence-electron chi connectivity index (χ4n) is 15.4. The molecule has 0 radical (unpaired) electrons. The van der Waals surface area contributed by atoms with Crippen LogP contribution in [0.2, 0.25) is 0 Å². The molecule has 10 aliphatic heterocycles. The van der Waals surface area contributed by atoms with Crippen LogP contribution in [0.1, 0.15) is 125 Å². The Morgan fingerprint density at radius 3 is 2.72 bits per heavy atom. The van der Waals surface area contributed by atoms with E-state index < -0.39 is 16.4 Å². The summed E-state index contributed by atoms with van der Waals surface area (Å²) in [7, 11) is 0. The van der Waals surface area contributed by atoms with Gasteiger partial charge in [-0.1, -0.05) is 69.0 Å². The van der Waals surface area contributed by atoms with Gasteiger partial charge in [-0.3, -0.25) is 9.69 Å². The molecule has 1 unspecified atom stereocenters. The summed E-state index contributed by atoms with van der Waals surface area (Å²) in [6.07, 6.45) is 23.8. The molecular weight excluding hydrogens is 671 g/mol. The predicted octanol–water partition coefficient (Wildman–Crippen LogP) is 8.04. The number of rotatable bonds is 6. The van der Waals surface area contributed by atoms with E-state index in [1.165, 1.54) is 63.7 Å². The van der Waals surface area contributed by atoms with Crippen molar-refractivity contribution < 1.29 is 19.1 Å². The summed E-state index contributed by atoms with van der Waals surface area (Å²) in [6.45, 7) is 8.77. The molecule has 288 valence electrons. The number of hydrogen-bond acceptors (Lipinski definition) is 7. The molecule has 2 saturated carbocycles. The van der Waals surface area contributed by atoms with Gasteiger partial charge in [0.2, 0.25) is 0 Å². The van der Waals surface area contributed by atoms with Gasteiger partial charge in [0.05, 0.1) is 11.0 Å². The zero-order chi connectivity index (χ0) is 36.6. The number of aryl methyl sites for hydroxylation is 1. The third-order valence-corrected chi connectivity index (χ3v) is 17.2. The van der Waals surface area contributed by atoms with Crippen LogP contribution in [0, 0.1) is 52.3 Å². The summed E-state index contributed by atoms with van der Waals surface area (Å²) in [5.74, 6) is 3.71. The second-order valence-electron chi connectivity index (χ2n) is 19.7. The van der Waals surface area contributed by atoms with Gasteiger partial charge in [0.25, 0.3) is 0 Å². The third-order valence-electron chi connectivity index (χ3n) is 17.2. The van der Waals surface area contributed by atoms with Crippen LogP contribution in [0.25, 0.3) is 0 Å². The van der Waals surface area contributed by atoms with E-state index in [0.717, 1.165) is 80.2 Å². The number of carbonyl (C=O) groups excluding carboxylic acids is 2. The normalized spacial score (nSPS) is 45.1. The van der Waals surface area contributed by atoms with Crippen LogP contribution in [0.3, 0.4) is 0 Å². The summed E-state index contributed by atoms with van der Waals surface area (Å²) in [4.78, 5) is 35.6. The van der Waals surface area contributed by atoms with Gasteiger partial charge in [-0.05, 0) is 125 Å². The van der Waals surface area contributed by atoms with E-state index in [1.54, 1.807) is 5.70 Å². The number of nitrogens with two attached hydrogens (primary N) is 1. The molecule has 2 spiro atoms. The third kappa shape index (κ3) is 4.27. The Kier molecular flexibility index (Phi) is 7.82. The largest absolute Gasteiger partial charge is 0.449 e. The van der Waals surface area contributed by atoms with E-state index in [1.807, 2.05) is 0 Å². The van der Waals surface area contributed by atoms with Crippen LogP contribution in [0.4, 0.5) is 0 Å². The molecule has 7 heteroatoms. The van der Waals surface area contributed by atoms with Gasteiger partial charge in [-0.2, -0.15) is 0 Å². The average Bonchev–Trinajstić information content (AvgIpc) is 3.87. The summed E-state index contributed by atoms with van der Waals surface area (Å²) < 4.78 is 14.0. The first-order valence-electron chi connectivity index (χ1n) is 22.3. The standard InChI is InChI=1S/C47H61N3O4/c1-3-8-39-45-24-33-18-19-46(45,47(39)36-13-6-11-30(12-7-20-48)41(36)43(51)54-47)40(53-44(45)52)23-32-15-17-37-34-22-29(26-50(37)42(32)31-9-4-5-10-31)25-49(27-34)38-16-14-28(2)21-35(33)38/h6,11,13,16,23-24,28-29,31-32,34-35,37,39,42H,3-5,7-10,12,14-15,17-22,25-27,48H2,1-2H3/b40-23-/t28-,29+,32-,34-,35+,37+,39-,42-,45-,46+,47+/m0/s1. The molecule has 1 aromatic rings. The molecule has 4 saturated heterocycles. The van der Waals surface area contributed by atoms with Gasteiger partial charge in [0.15, 0.2) is 5.60 Å². The Morgan fingerprint density at radius 1 is 1.02 bits per heavy atom. The van der Waals surface area contributed by atoms with Crippen molar-refractivity contribution in [3.63, 3.8) is 0 Å². The Morgan fingerprint density at radius 2 is 1.89 bits per heavy atom. The molecule has 7 nitrogen and oxygen atoms in total. The number of ether oxygens (including phenoxy) is 2. The average molecular weight is 732 g/mol. The first kappa shape index (κ1) is 34.4.